The number of benzene rings is 1. The summed E-state index contributed by atoms with van der Waals surface area (Å²) in [6, 6.07) is 4.97. The summed E-state index contributed by atoms with van der Waals surface area (Å²) in [5, 5.41) is 29.8. The van der Waals surface area contributed by atoms with Gasteiger partial charge in [0.1, 0.15) is 17.9 Å². The first-order valence-corrected chi connectivity index (χ1v) is 6.14. The number of hydrogen-bond acceptors (Lipinski definition) is 4. The summed E-state index contributed by atoms with van der Waals surface area (Å²) in [6.07, 6.45) is -1.49. The number of alkyl halides is 3. The molecule has 120 valence electrons. The van der Waals surface area contributed by atoms with Gasteiger partial charge in [0.05, 0.1) is 5.56 Å². The first kappa shape index (κ1) is 18.1. The van der Waals surface area contributed by atoms with E-state index >= 15 is 0 Å². The molecule has 1 aromatic rings. The van der Waals surface area contributed by atoms with Crippen molar-refractivity contribution in [3.8, 4) is 18.4 Å². The Labute approximate surface area is 129 Å². The predicted octanol–water partition coefficient (Wildman–Crippen LogP) is 2.36. The molecular formula is C15H11F3N2O3. The summed E-state index contributed by atoms with van der Waals surface area (Å²) in [4.78, 5) is 11.8. The summed E-state index contributed by atoms with van der Waals surface area (Å²) in [6.45, 7) is 0. The normalized spacial score (nSPS) is 13.3. The molecule has 8 heteroatoms. The van der Waals surface area contributed by atoms with Crippen molar-refractivity contribution < 1.29 is 28.2 Å². The zero-order chi connectivity index (χ0) is 17.6. The van der Waals surface area contributed by atoms with E-state index in [1.165, 1.54) is 6.07 Å². The quantitative estimate of drug-likeness (QED) is 0.343. The molecule has 0 aliphatic heterocycles. The van der Waals surface area contributed by atoms with Crippen LogP contribution in [0.2, 0.25) is 0 Å². The van der Waals surface area contributed by atoms with Crippen molar-refractivity contribution in [3.05, 3.63) is 41.2 Å². The lowest BCUT2D eigenvalue weighted by Crippen LogP contribution is -2.17. The number of amides is 1. The Morgan fingerprint density at radius 1 is 1.35 bits per heavy atom. The Morgan fingerprint density at radius 3 is 2.35 bits per heavy atom. The van der Waals surface area contributed by atoms with Gasteiger partial charge in [-0.1, -0.05) is 5.92 Å². The van der Waals surface area contributed by atoms with Crippen molar-refractivity contribution >= 4 is 11.6 Å². The Morgan fingerprint density at radius 2 is 1.91 bits per heavy atom. The second-order valence-electron chi connectivity index (χ2n) is 4.35. The molecule has 0 aromatic heterocycles. The Hall–Kier alpha value is -2.97. The van der Waals surface area contributed by atoms with E-state index in [1.54, 1.807) is 0 Å². The van der Waals surface area contributed by atoms with Crippen LogP contribution in [0.25, 0.3) is 0 Å². The van der Waals surface area contributed by atoms with Crippen LogP contribution in [0.4, 0.5) is 18.9 Å². The third-order valence-corrected chi connectivity index (χ3v) is 2.68. The number of carbonyl (C=O) groups excluding carboxylic acids is 1. The Bertz CT molecular complexity index is 695. The van der Waals surface area contributed by atoms with Crippen LogP contribution in [-0.2, 0) is 11.0 Å². The van der Waals surface area contributed by atoms with Gasteiger partial charge in [-0.3, -0.25) is 4.79 Å². The highest BCUT2D eigenvalue weighted by Gasteiger charge is 2.30. The van der Waals surface area contributed by atoms with E-state index in [1.807, 2.05) is 5.92 Å². The second kappa shape index (κ2) is 7.34. The molecule has 0 aliphatic rings. The summed E-state index contributed by atoms with van der Waals surface area (Å²) < 4.78 is 37.2. The molecule has 0 spiro atoms. The Kier molecular flexibility index (Phi) is 5.77. The fourth-order valence-corrected chi connectivity index (χ4v) is 1.53. The smallest absolute Gasteiger partial charge is 0.416 e. The summed E-state index contributed by atoms with van der Waals surface area (Å²) in [7, 11) is 0. The molecule has 0 fully saturated rings. The lowest BCUT2D eigenvalue weighted by Gasteiger charge is -2.09. The molecule has 1 amide bonds. The van der Waals surface area contributed by atoms with Crippen LogP contribution in [0.1, 0.15) is 12.0 Å². The molecule has 5 nitrogen and oxygen atoms in total. The van der Waals surface area contributed by atoms with Crippen LogP contribution in [0.5, 0.6) is 0 Å². The van der Waals surface area contributed by atoms with Crippen molar-refractivity contribution in [3.63, 3.8) is 0 Å². The molecule has 0 aliphatic carbocycles. The van der Waals surface area contributed by atoms with Crippen LogP contribution in [-0.4, -0.2) is 22.2 Å². The van der Waals surface area contributed by atoms with Crippen LogP contribution in [0.15, 0.2) is 35.6 Å². The highest BCUT2D eigenvalue weighted by Crippen LogP contribution is 2.29. The number of aliphatic hydroxyl groups excluding tert-OH is 2. The topological polar surface area (TPSA) is 93.3 Å². The monoisotopic (exact) mass is 324 g/mol. The molecule has 23 heavy (non-hydrogen) atoms. The molecule has 3 N–H and O–H groups in total. The van der Waals surface area contributed by atoms with Gasteiger partial charge < -0.3 is 15.5 Å². The van der Waals surface area contributed by atoms with E-state index in [0.29, 0.717) is 0 Å². The van der Waals surface area contributed by atoms with E-state index in [0.717, 1.165) is 24.3 Å². The highest BCUT2D eigenvalue weighted by molar-refractivity contribution is 6.06. The van der Waals surface area contributed by atoms with E-state index in [-0.39, 0.29) is 5.69 Å². The van der Waals surface area contributed by atoms with Gasteiger partial charge in [0, 0.05) is 12.1 Å². The predicted molar refractivity (Wildman–Crippen MR) is 74.8 cm³/mol. The zero-order valence-electron chi connectivity index (χ0n) is 11.6. The van der Waals surface area contributed by atoms with E-state index in [9.17, 15) is 28.2 Å². The zero-order valence-corrected chi connectivity index (χ0v) is 11.6. The van der Waals surface area contributed by atoms with Crippen LogP contribution < -0.4 is 5.32 Å². The van der Waals surface area contributed by atoms with Gasteiger partial charge in [0.2, 0.25) is 0 Å². The fourth-order valence-electron chi connectivity index (χ4n) is 1.53. The highest BCUT2D eigenvalue weighted by atomic mass is 19.4. The van der Waals surface area contributed by atoms with Crippen LogP contribution in [0, 0.1) is 23.7 Å². The van der Waals surface area contributed by atoms with Crippen LogP contribution >= 0.6 is 0 Å². The molecular weight excluding hydrogens is 313 g/mol. The van der Waals surface area contributed by atoms with Crippen molar-refractivity contribution in [2.75, 3.05) is 5.32 Å². The third kappa shape index (κ3) is 5.06. The molecule has 0 bridgehead atoms. The van der Waals surface area contributed by atoms with Crippen molar-refractivity contribution in [1.29, 1.82) is 5.26 Å². The minimum Gasteiger partial charge on any atom is -0.511 e. The van der Waals surface area contributed by atoms with Crippen molar-refractivity contribution in [1.82, 2.24) is 0 Å². The average Bonchev–Trinajstić information content (AvgIpc) is 2.47. The third-order valence-electron chi connectivity index (χ3n) is 2.68. The van der Waals surface area contributed by atoms with Crippen LogP contribution in [0.3, 0.4) is 0 Å². The number of nitriles is 1. The first-order chi connectivity index (χ1) is 10.7. The number of rotatable bonds is 4. The molecule has 0 radical (unpaired) electrons. The second-order valence-corrected chi connectivity index (χ2v) is 4.35. The van der Waals surface area contributed by atoms with E-state index < -0.39 is 41.5 Å². The SMILES string of the molecule is C#CC(O)C/C(O)=C(/C#N)C(=O)Nc1ccc(C(F)(F)F)cc1. The first-order valence-electron chi connectivity index (χ1n) is 6.14. The van der Waals surface area contributed by atoms with Crippen molar-refractivity contribution in [2.24, 2.45) is 0 Å². The maximum absolute atomic E-state index is 12.4. The van der Waals surface area contributed by atoms with Gasteiger partial charge in [-0.2, -0.15) is 18.4 Å². The van der Waals surface area contributed by atoms with E-state index in [4.69, 9.17) is 11.7 Å². The lowest BCUT2D eigenvalue weighted by molar-refractivity contribution is -0.137. The number of halogens is 3. The summed E-state index contributed by atoms with van der Waals surface area (Å²) in [5.74, 6) is 0.144. The van der Waals surface area contributed by atoms with Gasteiger partial charge in [0.15, 0.2) is 5.57 Å². The Balaban J connectivity index is 2.92. The molecule has 0 saturated heterocycles. The summed E-state index contributed by atoms with van der Waals surface area (Å²) >= 11 is 0. The number of hydrogen-bond donors (Lipinski definition) is 3. The van der Waals surface area contributed by atoms with Gasteiger partial charge in [-0.05, 0) is 24.3 Å². The minimum absolute atomic E-state index is 0.000971. The number of carbonyl (C=O) groups is 1. The van der Waals surface area contributed by atoms with Gasteiger partial charge in [-0.15, -0.1) is 6.42 Å². The van der Waals surface area contributed by atoms with Crippen molar-refractivity contribution in [2.45, 2.75) is 18.7 Å². The largest absolute Gasteiger partial charge is 0.511 e. The molecule has 1 atom stereocenters. The number of terminal acetylenes is 1. The molecule has 1 unspecified atom stereocenters. The lowest BCUT2D eigenvalue weighted by atomic mass is 10.1. The maximum Gasteiger partial charge on any atom is 0.416 e. The molecule has 0 heterocycles. The molecule has 0 saturated carbocycles. The maximum atomic E-state index is 12.4. The van der Waals surface area contributed by atoms with Gasteiger partial charge >= 0.3 is 6.18 Å². The number of anilines is 1. The number of nitrogens with zero attached hydrogens (tertiary/aromatic N) is 1. The average molecular weight is 324 g/mol. The number of aliphatic hydroxyl groups is 2. The van der Waals surface area contributed by atoms with E-state index in [2.05, 4.69) is 5.32 Å². The minimum atomic E-state index is -4.51. The standard InChI is InChI=1S/C15H11F3N2O3/c1-2-11(21)7-13(22)12(8-19)14(23)20-10-5-3-9(4-6-10)15(16,17)18/h1,3-6,11,21-22H,7H2,(H,20,23)/b13-12+. The summed E-state index contributed by atoms with van der Waals surface area (Å²) in [5.41, 5.74) is -1.59. The molecule has 1 rings (SSSR count). The fraction of sp³-hybridized carbons (Fsp3) is 0.200. The number of nitrogens with one attached hydrogen (secondary N) is 1. The van der Waals surface area contributed by atoms with Gasteiger partial charge in [0.25, 0.3) is 5.91 Å². The molecule has 1 aromatic carbocycles. The van der Waals surface area contributed by atoms with Gasteiger partial charge in [-0.25, -0.2) is 0 Å².